The molecule has 1 heterocycles. The van der Waals surface area contributed by atoms with Crippen molar-refractivity contribution in [2.24, 2.45) is 0 Å². The van der Waals surface area contributed by atoms with Gasteiger partial charge in [0.05, 0.1) is 0 Å². The molecule has 4 heteroatoms. The minimum absolute atomic E-state index is 0.0876. The summed E-state index contributed by atoms with van der Waals surface area (Å²) in [5, 5.41) is 10.2. The molecule has 1 aliphatic carbocycles. The summed E-state index contributed by atoms with van der Waals surface area (Å²) in [6.45, 7) is 1.29. The number of amides is 2. The second-order valence-corrected chi connectivity index (χ2v) is 6.09. The number of rotatable bonds is 5. The van der Waals surface area contributed by atoms with Crippen molar-refractivity contribution in [3.8, 4) is 0 Å². The maximum Gasteiger partial charge on any atom is 0.315 e. The molecule has 3 nitrogen and oxygen atoms in total. The van der Waals surface area contributed by atoms with Crippen LogP contribution >= 0.6 is 11.3 Å². The quantitative estimate of drug-likeness (QED) is 0.870. The standard InChI is InChI=1S/C16H18N2OS/c19-15(17-10-13-4-2-1-3-5-13)18-12-16(7-8-16)14-6-9-20-11-14/h1-6,9,11H,7-8,10,12H2,(H2,17,18,19). The van der Waals surface area contributed by atoms with E-state index in [1.165, 1.54) is 18.4 Å². The fourth-order valence-corrected chi connectivity index (χ4v) is 3.15. The fraction of sp³-hybridized carbons (Fsp3) is 0.312. The highest BCUT2D eigenvalue weighted by molar-refractivity contribution is 7.08. The molecule has 0 saturated heterocycles. The largest absolute Gasteiger partial charge is 0.337 e. The SMILES string of the molecule is O=C(NCc1ccccc1)NCC1(c2ccsc2)CC1. The molecule has 0 radical (unpaired) electrons. The molecule has 3 rings (SSSR count). The smallest absolute Gasteiger partial charge is 0.315 e. The molecule has 104 valence electrons. The van der Waals surface area contributed by atoms with Gasteiger partial charge in [-0.3, -0.25) is 0 Å². The van der Waals surface area contributed by atoms with Crippen LogP contribution in [0.2, 0.25) is 0 Å². The first-order chi connectivity index (χ1) is 9.78. The Hall–Kier alpha value is -1.81. The van der Waals surface area contributed by atoms with Crippen LogP contribution in [0.5, 0.6) is 0 Å². The molecule has 1 aromatic heterocycles. The van der Waals surface area contributed by atoms with Crippen LogP contribution in [0.1, 0.15) is 24.0 Å². The molecule has 1 aliphatic rings. The van der Waals surface area contributed by atoms with Crippen molar-refractivity contribution in [3.63, 3.8) is 0 Å². The molecule has 1 fully saturated rings. The van der Waals surface area contributed by atoms with E-state index in [9.17, 15) is 4.79 Å². The predicted octanol–water partition coefficient (Wildman–Crippen LogP) is 3.28. The van der Waals surface area contributed by atoms with Gasteiger partial charge in [0.2, 0.25) is 0 Å². The number of urea groups is 1. The molecule has 0 aliphatic heterocycles. The van der Waals surface area contributed by atoms with Crippen molar-refractivity contribution < 1.29 is 4.79 Å². The zero-order chi connectivity index (χ0) is 13.8. The van der Waals surface area contributed by atoms with Gasteiger partial charge in [0.15, 0.2) is 0 Å². The van der Waals surface area contributed by atoms with Gasteiger partial charge in [-0.05, 0) is 40.8 Å². The van der Waals surface area contributed by atoms with Crippen LogP contribution in [0.15, 0.2) is 47.2 Å². The fourth-order valence-electron chi connectivity index (χ4n) is 2.37. The van der Waals surface area contributed by atoms with Crippen molar-refractivity contribution in [2.75, 3.05) is 6.54 Å². The molecule has 2 aromatic rings. The summed E-state index contributed by atoms with van der Waals surface area (Å²) in [5.41, 5.74) is 2.68. The van der Waals surface area contributed by atoms with Crippen molar-refractivity contribution >= 4 is 17.4 Å². The van der Waals surface area contributed by atoms with E-state index in [1.807, 2.05) is 30.3 Å². The summed E-state index contributed by atoms with van der Waals surface area (Å²) in [7, 11) is 0. The zero-order valence-electron chi connectivity index (χ0n) is 11.3. The number of nitrogens with one attached hydrogen (secondary N) is 2. The highest BCUT2D eigenvalue weighted by Crippen LogP contribution is 2.48. The lowest BCUT2D eigenvalue weighted by Gasteiger charge is -2.15. The Morgan fingerprint density at radius 2 is 1.95 bits per heavy atom. The predicted molar refractivity (Wildman–Crippen MR) is 81.9 cm³/mol. The summed E-state index contributed by atoms with van der Waals surface area (Å²) < 4.78 is 0. The topological polar surface area (TPSA) is 41.1 Å². The van der Waals surface area contributed by atoms with Gasteiger partial charge >= 0.3 is 6.03 Å². The van der Waals surface area contributed by atoms with Gasteiger partial charge in [-0.15, -0.1) is 0 Å². The van der Waals surface area contributed by atoms with E-state index in [1.54, 1.807) is 11.3 Å². The van der Waals surface area contributed by atoms with Gasteiger partial charge in [-0.2, -0.15) is 11.3 Å². The molecule has 1 aromatic carbocycles. The number of carbonyl (C=O) groups is 1. The highest BCUT2D eigenvalue weighted by Gasteiger charge is 2.44. The molecule has 0 atom stereocenters. The van der Waals surface area contributed by atoms with Crippen LogP contribution in [0, 0.1) is 0 Å². The molecule has 2 N–H and O–H groups in total. The maximum absolute atomic E-state index is 11.8. The third-order valence-electron chi connectivity index (χ3n) is 3.87. The number of hydrogen-bond donors (Lipinski definition) is 2. The average molecular weight is 286 g/mol. The van der Waals surface area contributed by atoms with Crippen LogP contribution in [0.3, 0.4) is 0 Å². The number of benzene rings is 1. The lowest BCUT2D eigenvalue weighted by atomic mass is 9.99. The molecule has 1 saturated carbocycles. The summed E-state index contributed by atoms with van der Waals surface area (Å²) in [6, 6.07) is 12.0. The van der Waals surface area contributed by atoms with Gasteiger partial charge in [0.25, 0.3) is 0 Å². The van der Waals surface area contributed by atoms with Crippen molar-refractivity contribution in [1.29, 1.82) is 0 Å². The Balaban J connectivity index is 1.46. The van der Waals surface area contributed by atoms with E-state index in [0.29, 0.717) is 6.54 Å². The Morgan fingerprint density at radius 1 is 1.15 bits per heavy atom. The minimum atomic E-state index is -0.0876. The van der Waals surface area contributed by atoms with Gasteiger partial charge in [0, 0.05) is 18.5 Å². The van der Waals surface area contributed by atoms with Crippen molar-refractivity contribution in [2.45, 2.75) is 24.8 Å². The first kappa shape index (κ1) is 13.2. The summed E-state index contributed by atoms with van der Waals surface area (Å²) >= 11 is 1.72. The van der Waals surface area contributed by atoms with Crippen LogP contribution in [0.25, 0.3) is 0 Å². The maximum atomic E-state index is 11.8. The van der Waals surface area contributed by atoms with E-state index in [4.69, 9.17) is 0 Å². The summed E-state index contributed by atoms with van der Waals surface area (Å²) in [5.74, 6) is 0. The van der Waals surface area contributed by atoms with Crippen LogP contribution in [-0.2, 0) is 12.0 Å². The van der Waals surface area contributed by atoms with E-state index in [2.05, 4.69) is 27.5 Å². The monoisotopic (exact) mass is 286 g/mol. The van der Waals surface area contributed by atoms with Crippen LogP contribution in [-0.4, -0.2) is 12.6 Å². The number of carbonyl (C=O) groups excluding carboxylic acids is 1. The Labute approximate surface area is 123 Å². The third kappa shape index (κ3) is 3.02. The van der Waals surface area contributed by atoms with Crippen molar-refractivity contribution in [3.05, 3.63) is 58.3 Å². The van der Waals surface area contributed by atoms with Gasteiger partial charge in [0.1, 0.15) is 0 Å². The molecule has 0 bridgehead atoms. The molecular formula is C16H18N2OS. The van der Waals surface area contributed by atoms with Crippen LogP contribution in [0.4, 0.5) is 4.79 Å². The summed E-state index contributed by atoms with van der Waals surface area (Å²) in [6.07, 6.45) is 2.34. The number of hydrogen-bond acceptors (Lipinski definition) is 2. The van der Waals surface area contributed by atoms with E-state index < -0.39 is 0 Å². The Kier molecular flexibility index (Phi) is 3.74. The van der Waals surface area contributed by atoms with E-state index >= 15 is 0 Å². The third-order valence-corrected chi connectivity index (χ3v) is 4.55. The average Bonchev–Trinajstić information content (AvgIpc) is 3.07. The second kappa shape index (κ2) is 5.67. The molecule has 20 heavy (non-hydrogen) atoms. The highest BCUT2D eigenvalue weighted by atomic mass is 32.1. The number of thiophene rings is 1. The normalized spacial score (nSPS) is 15.6. The lowest BCUT2D eigenvalue weighted by molar-refractivity contribution is 0.239. The molecular weight excluding hydrogens is 268 g/mol. The van der Waals surface area contributed by atoms with Gasteiger partial charge in [-0.1, -0.05) is 30.3 Å². The van der Waals surface area contributed by atoms with E-state index in [0.717, 1.165) is 12.1 Å². The zero-order valence-corrected chi connectivity index (χ0v) is 12.1. The Morgan fingerprint density at radius 3 is 2.60 bits per heavy atom. The summed E-state index contributed by atoms with van der Waals surface area (Å²) in [4.78, 5) is 11.8. The second-order valence-electron chi connectivity index (χ2n) is 5.31. The molecule has 2 amide bonds. The molecule has 0 unspecified atom stereocenters. The van der Waals surface area contributed by atoms with Crippen molar-refractivity contribution in [1.82, 2.24) is 10.6 Å². The van der Waals surface area contributed by atoms with E-state index in [-0.39, 0.29) is 11.4 Å². The van der Waals surface area contributed by atoms with Crippen LogP contribution < -0.4 is 10.6 Å². The molecule has 0 spiro atoms. The van der Waals surface area contributed by atoms with Gasteiger partial charge < -0.3 is 10.6 Å². The lowest BCUT2D eigenvalue weighted by Crippen LogP contribution is -2.39. The first-order valence-electron chi connectivity index (χ1n) is 6.87. The first-order valence-corrected chi connectivity index (χ1v) is 7.81. The van der Waals surface area contributed by atoms with Gasteiger partial charge in [-0.25, -0.2) is 4.79 Å². The minimum Gasteiger partial charge on any atom is -0.337 e. The Bertz CT molecular complexity index is 561.